The van der Waals surface area contributed by atoms with E-state index in [0.717, 1.165) is 25.7 Å². The number of carbonyl (C=O) groups excluding carboxylic acids is 1. The maximum absolute atomic E-state index is 12.2. The molecule has 1 fully saturated rings. The number of carboxylic acids is 1. The number of nitriles is 1. The number of aliphatic carboxylic acids is 1. The third kappa shape index (κ3) is 5.48. The molecule has 25 heavy (non-hydrogen) atoms. The Kier molecular flexibility index (Phi) is 6.85. The average Bonchev–Trinajstić information content (AvgIpc) is 3.04. The van der Waals surface area contributed by atoms with E-state index in [-0.39, 0.29) is 22.4 Å². The highest BCUT2D eigenvalue weighted by Gasteiger charge is 2.19. The number of amides is 1. The normalized spacial score (nSPS) is 14.8. The van der Waals surface area contributed by atoms with Crippen LogP contribution in [0, 0.1) is 11.3 Å². The summed E-state index contributed by atoms with van der Waals surface area (Å²) in [6, 6.07) is 5.12. The van der Waals surface area contributed by atoms with Gasteiger partial charge in [0.05, 0.1) is 9.50 Å². The summed E-state index contributed by atoms with van der Waals surface area (Å²) in [6.45, 7) is -0.527. The Labute approximate surface area is 158 Å². The van der Waals surface area contributed by atoms with Crippen LogP contribution < -0.4 is 10.1 Å². The van der Waals surface area contributed by atoms with E-state index in [9.17, 15) is 14.9 Å². The van der Waals surface area contributed by atoms with Crippen molar-refractivity contribution in [2.24, 2.45) is 0 Å². The first kappa shape index (κ1) is 19.3. The van der Waals surface area contributed by atoms with Gasteiger partial charge in [-0.3, -0.25) is 4.79 Å². The molecule has 1 saturated carbocycles. The number of nitrogens with zero attached hydrogens (tertiary/aromatic N) is 1. The molecule has 0 radical (unpaired) electrons. The van der Waals surface area contributed by atoms with Crippen LogP contribution in [0.1, 0.15) is 31.2 Å². The van der Waals surface area contributed by atoms with Gasteiger partial charge in [-0.1, -0.05) is 24.4 Å². The standard InChI is InChI=1S/C17H16BrClN2O4/c18-13-6-10(7-14(19)16(13)25-9-15(22)23)5-11(8-20)17(24)21-12-3-1-2-4-12/h5-7,12H,1-4,9H2,(H,21,24)(H,22,23)/b11-5-. The minimum Gasteiger partial charge on any atom is -0.479 e. The van der Waals surface area contributed by atoms with Crippen LogP contribution >= 0.6 is 27.5 Å². The van der Waals surface area contributed by atoms with Crippen LogP contribution in [0.2, 0.25) is 5.02 Å². The summed E-state index contributed by atoms with van der Waals surface area (Å²) in [4.78, 5) is 22.8. The fourth-order valence-corrected chi connectivity index (χ4v) is 3.57. The van der Waals surface area contributed by atoms with Crippen LogP contribution in [0.4, 0.5) is 0 Å². The highest BCUT2D eigenvalue weighted by molar-refractivity contribution is 9.10. The number of hydrogen-bond donors (Lipinski definition) is 2. The number of ether oxygens (including phenoxy) is 1. The van der Waals surface area contributed by atoms with Crippen molar-refractivity contribution in [2.75, 3.05) is 6.61 Å². The first-order valence-corrected chi connectivity index (χ1v) is 8.84. The van der Waals surface area contributed by atoms with Gasteiger partial charge in [-0.25, -0.2) is 4.79 Å². The van der Waals surface area contributed by atoms with E-state index in [1.807, 2.05) is 6.07 Å². The molecule has 2 N–H and O–H groups in total. The van der Waals surface area contributed by atoms with Gasteiger partial charge in [-0.15, -0.1) is 0 Å². The van der Waals surface area contributed by atoms with Gasteiger partial charge in [0.25, 0.3) is 5.91 Å². The van der Waals surface area contributed by atoms with Crippen molar-refractivity contribution < 1.29 is 19.4 Å². The predicted octanol–water partition coefficient (Wildman–Crippen LogP) is 3.53. The highest BCUT2D eigenvalue weighted by atomic mass is 79.9. The number of carboxylic acid groups (broad SMARTS) is 1. The zero-order chi connectivity index (χ0) is 18.4. The van der Waals surface area contributed by atoms with Crippen LogP contribution in [0.3, 0.4) is 0 Å². The number of hydrogen-bond acceptors (Lipinski definition) is 4. The Hall–Kier alpha value is -2.04. The molecule has 0 bridgehead atoms. The predicted molar refractivity (Wildman–Crippen MR) is 96.3 cm³/mol. The lowest BCUT2D eigenvalue weighted by atomic mass is 10.1. The number of halogens is 2. The maximum Gasteiger partial charge on any atom is 0.341 e. The first-order chi connectivity index (χ1) is 11.9. The molecule has 2 rings (SSSR count). The first-order valence-electron chi connectivity index (χ1n) is 7.67. The molecule has 0 atom stereocenters. The summed E-state index contributed by atoms with van der Waals surface area (Å²) in [5, 5.41) is 21.0. The van der Waals surface area contributed by atoms with E-state index in [1.54, 1.807) is 6.07 Å². The average molecular weight is 428 g/mol. The molecule has 0 heterocycles. The minimum absolute atomic E-state index is 0.0194. The van der Waals surface area contributed by atoms with Crippen molar-refractivity contribution in [3.63, 3.8) is 0 Å². The van der Waals surface area contributed by atoms with E-state index in [1.165, 1.54) is 12.1 Å². The largest absolute Gasteiger partial charge is 0.479 e. The third-order valence-electron chi connectivity index (χ3n) is 3.73. The lowest BCUT2D eigenvalue weighted by Gasteiger charge is -2.12. The van der Waals surface area contributed by atoms with Crippen molar-refractivity contribution in [1.29, 1.82) is 5.26 Å². The Balaban J connectivity index is 2.18. The fourth-order valence-electron chi connectivity index (χ4n) is 2.58. The summed E-state index contributed by atoms with van der Waals surface area (Å²) in [7, 11) is 0. The van der Waals surface area contributed by atoms with E-state index < -0.39 is 18.5 Å². The molecule has 0 aliphatic heterocycles. The van der Waals surface area contributed by atoms with Gasteiger partial charge in [0.1, 0.15) is 11.6 Å². The zero-order valence-corrected chi connectivity index (χ0v) is 15.6. The molecule has 0 spiro atoms. The van der Waals surface area contributed by atoms with Gasteiger partial charge in [-0.2, -0.15) is 5.26 Å². The van der Waals surface area contributed by atoms with Crippen molar-refractivity contribution in [1.82, 2.24) is 5.32 Å². The second kappa shape index (κ2) is 8.88. The zero-order valence-electron chi connectivity index (χ0n) is 13.2. The molecule has 0 saturated heterocycles. The van der Waals surface area contributed by atoms with Crippen molar-refractivity contribution in [2.45, 2.75) is 31.7 Å². The van der Waals surface area contributed by atoms with E-state index in [0.29, 0.717) is 10.0 Å². The topological polar surface area (TPSA) is 99.4 Å². The van der Waals surface area contributed by atoms with Crippen molar-refractivity contribution in [3.05, 3.63) is 32.8 Å². The molecule has 132 valence electrons. The number of nitrogens with one attached hydrogen (secondary N) is 1. The second-order valence-corrected chi connectivity index (χ2v) is 6.88. The summed E-state index contributed by atoms with van der Waals surface area (Å²) in [5.41, 5.74) is 0.506. The van der Waals surface area contributed by atoms with Crippen LogP contribution in [0.25, 0.3) is 6.08 Å². The van der Waals surface area contributed by atoms with E-state index in [4.69, 9.17) is 21.4 Å². The van der Waals surface area contributed by atoms with Crippen LogP contribution in [-0.2, 0) is 9.59 Å². The highest BCUT2D eigenvalue weighted by Crippen LogP contribution is 2.35. The van der Waals surface area contributed by atoms with Crippen molar-refractivity contribution >= 4 is 45.5 Å². The summed E-state index contributed by atoms with van der Waals surface area (Å²) in [6.07, 6.45) is 5.45. The minimum atomic E-state index is -1.12. The summed E-state index contributed by atoms with van der Waals surface area (Å²) < 4.78 is 5.54. The lowest BCUT2D eigenvalue weighted by molar-refractivity contribution is -0.139. The lowest BCUT2D eigenvalue weighted by Crippen LogP contribution is -2.33. The van der Waals surface area contributed by atoms with E-state index >= 15 is 0 Å². The summed E-state index contributed by atoms with van der Waals surface area (Å²) in [5.74, 6) is -1.34. The Morgan fingerprint density at radius 1 is 1.44 bits per heavy atom. The molecular weight excluding hydrogens is 412 g/mol. The van der Waals surface area contributed by atoms with Gasteiger partial charge in [-0.05, 0) is 52.5 Å². The van der Waals surface area contributed by atoms with Gasteiger partial charge in [0.2, 0.25) is 0 Å². The molecule has 1 aliphatic carbocycles. The Morgan fingerprint density at radius 3 is 2.68 bits per heavy atom. The molecule has 1 aliphatic rings. The number of carbonyl (C=O) groups is 2. The number of rotatable bonds is 6. The van der Waals surface area contributed by atoms with E-state index in [2.05, 4.69) is 21.2 Å². The smallest absolute Gasteiger partial charge is 0.341 e. The molecule has 8 heteroatoms. The molecule has 1 amide bonds. The molecule has 0 aromatic heterocycles. The third-order valence-corrected chi connectivity index (χ3v) is 4.60. The fraction of sp³-hybridized carbons (Fsp3) is 0.353. The SMILES string of the molecule is N#C/C(=C/c1cc(Cl)c(OCC(=O)O)c(Br)c1)C(=O)NC1CCCC1. The maximum atomic E-state index is 12.2. The summed E-state index contributed by atoms with van der Waals surface area (Å²) >= 11 is 9.35. The Bertz CT molecular complexity index is 729. The molecule has 1 aromatic rings. The second-order valence-electron chi connectivity index (χ2n) is 5.62. The van der Waals surface area contributed by atoms with Crippen LogP contribution in [0.5, 0.6) is 5.75 Å². The molecule has 1 aromatic carbocycles. The Morgan fingerprint density at radius 2 is 2.12 bits per heavy atom. The van der Waals surface area contributed by atoms with Gasteiger partial charge >= 0.3 is 5.97 Å². The van der Waals surface area contributed by atoms with Gasteiger partial charge in [0, 0.05) is 6.04 Å². The van der Waals surface area contributed by atoms with Gasteiger partial charge in [0.15, 0.2) is 12.4 Å². The molecular formula is C17H16BrClN2O4. The monoisotopic (exact) mass is 426 g/mol. The molecule has 0 unspecified atom stereocenters. The quantitative estimate of drug-likeness (QED) is 0.534. The molecule has 6 nitrogen and oxygen atoms in total. The number of benzene rings is 1. The van der Waals surface area contributed by atoms with Crippen molar-refractivity contribution in [3.8, 4) is 11.8 Å². The van der Waals surface area contributed by atoms with Gasteiger partial charge < -0.3 is 15.2 Å². The van der Waals surface area contributed by atoms with Crippen LogP contribution in [0.15, 0.2) is 22.2 Å². The van der Waals surface area contributed by atoms with Crippen LogP contribution in [-0.4, -0.2) is 29.6 Å².